The van der Waals surface area contributed by atoms with Gasteiger partial charge in [-0.05, 0) is 43.0 Å². The summed E-state index contributed by atoms with van der Waals surface area (Å²) in [5.74, 6) is -1.88. The maximum absolute atomic E-state index is 13.5. The van der Waals surface area contributed by atoms with Crippen LogP contribution in [0.5, 0.6) is 5.75 Å². The molecule has 1 amide bonds. The van der Waals surface area contributed by atoms with Crippen molar-refractivity contribution in [2.75, 3.05) is 7.05 Å². The van der Waals surface area contributed by atoms with Crippen LogP contribution in [0, 0.1) is 5.92 Å². The molecule has 3 atom stereocenters. The number of nitrogens with zero attached hydrogens (tertiary/aromatic N) is 3. The van der Waals surface area contributed by atoms with Crippen LogP contribution in [0.4, 0.5) is 13.2 Å². The minimum absolute atomic E-state index is 0.0162. The first-order valence-corrected chi connectivity index (χ1v) is 11.2. The molecule has 1 aromatic heterocycles. The number of carbonyl (C=O) groups excluding carboxylic acids is 1. The van der Waals surface area contributed by atoms with E-state index in [0.717, 1.165) is 42.4 Å². The molecule has 12 heteroatoms. The second kappa shape index (κ2) is 9.03. The molecule has 1 spiro atoms. The van der Waals surface area contributed by atoms with Gasteiger partial charge >= 0.3 is 12.1 Å². The van der Waals surface area contributed by atoms with Crippen LogP contribution < -0.4 is 10.5 Å². The summed E-state index contributed by atoms with van der Waals surface area (Å²) in [4.78, 5) is 32.8. The van der Waals surface area contributed by atoms with Crippen molar-refractivity contribution < 1.29 is 32.6 Å². The Morgan fingerprint density at radius 3 is 2.51 bits per heavy atom. The van der Waals surface area contributed by atoms with E-state index in [-0.39, 0.29) is 23.9 Å². The number of halogens is 4. The molecule has 0 saturated heterocycles. The van der Waals surface area contributed by atoms with E-state index < -0.39 is 17.7 Å². The van der Waals surface area contributed by atoms with Gasteiger partial charge in [0.15, 0.2) is 11.5 Å². The first-order chi connectivity index (χ1) is 16.4. The normalized spacial score (nSPS) is 25.1. The van der Waals surface area contributed by atoms with Crippen molar-refractivity contribution in [3.63, 3.8) is 0 Å². The molecule has 5 rings (SSSR count). The fourth-order valence-corrected chi connectivity index (χ4v) is 5.01. The van der Waals surface area contributed by atoms with Crippen LogP contribution in [0.2, 0.25) is 5.02 Å². The van der Waals surface area contributed by atoms with Gasteiger partial charge < -0.3 is 15.6 Å². The summed E-state index contributed by atoms with van der Waals surface area (Å²) in [5, 5.41) is 7.69. The second-order valence-corrected chi connectivity index (χ2v) is 8.99. The number of amides is 1. The van der Waals surface area contributed by atoms with Gasteiger partial charge in [0.05, 0.1) is 5.02 Å². The van der Waals surface area contributed by atoms with Crippen LogP contribution in [-0.2, 0) is 15.1 Å². The monoisotopic (exact) mass is 510 g/mol. The zero-order valence-corrected chi connectivity index (χ0v) is 19.3. The molecule has 0 radical (unpaired) electrons. The molecule has 3 aliphatic rings. The number of carboxylic acids is 1. The number of pyridine rings is 1. The molecule has 1 aromatic carbocycles. The van der Waals surface area contributed by atoms with Gasteiger partial charge in [-0.25, -0.2) is 9.79 Å². The number of benzene rings is 1. The molecule has 1 aliphatic carbocycles. The van der Waals surface area contributed by atoms with E-state index in [4.69, 9.17) is 37.0 Å². The minimum Gasteiger partial charge on any atom is -0.490 e. The number of rotatable bonds is 1. The molecule has 3 unspecified atom stereocenters. The lowest BCUT2D eigenvalue weighted by molar-refractivity contribution is -0.192. The SMILES string of the molecule is CN1C(=O)C2(N=C1N)c1cc(-c3cncc(Cl)c3)ccc1OC1CCCCC12.O=C(O)C(F)(F)F. The molecule has 3 heterocycles. The van der Waals surface area contributed by atoms with E-state index in [1.54, 1.807) is 19.4 Å². The number of carboxylic acid groups (broad SMARTS) is 1. The lowest BCUT2D eigenvalue weighted by atomic mass is 9.67. The molecule has 35 heavy (non-hydrogen) atoms. The van der Waals surface area contributed by atoms with Gasteiger partial charge in [-0.3, -0.25) is 14.7 Å². The summed E-state index contributed by atoms with van der Waals surface area (Å²) in [6.45, 7) is 0. The lowest BCUT2D eigenvalue weighted by Crippen LogP contribution is -2.53. The van der Waals surface area contributed by atoms with Crippen molar-refractivity contribution in [1.29, 1.82) is 0 Å². The van der Waals surface area contributed by atoms with Crippen molar-refractivity contribution in [3.8, 4) is 16.9 Å². The summed E-state index contributed by atoms with van der Waals surface area (Å²) in [6, 6.07) is 7.74. The van der Waals surface area contributed by atoms with E-state index in [0.29, 0.717) is 10.8 Å². The summed E-state index contributed by atoms with van der Waals surface area (Å²) in [6.07, 6.45) is 2.23. The van der Waals surface area contributed by atoms with Crippen molar-refractivity contribution in [3.05, 3.63) is 47.2 Å². The number of aliphatic imine (C=N–C) groups is 1. The van der Waals surface area contributed by atoms with Crippen LogP contribution in [0.3, 0.4) is 0 Å². The van der Waals surface area contributed by atoms with Crippen molar-refractivity contribution >= 4 is 29.4 Å². The van der Waals surface area contributed by atoms with E-state index in [1.807, 2.05) is 24.3 Å². The predicted octanol–water partition coefficient (Wildman–Crippen LogP) is 3.97. The second-order valence-electron chi connectivity index (χ2n) is 8.55. The van der Waals surface area contributed by atoms with Crippen LogP contribution in [-0.4, -0.2) is 52.2 Å². The Labute approximate surface area is 203 Å². The van der Waals surface area contributed by atoms with Gasteiger partial charge in [0, 0.05) is 36.5 Å². The van der Waals surface area contributed by atoms with Gasteiger partial charge in [-0.1, -0.05) is 24.1 Å². The number of aromatic nitrogens is 1. The summed E-state index contributed by atoms with van der Waals surface area (Å²) in [5.41, 5.74) is 7.68. The Morgan fingerprint density at radius 2 is 1.91 bits per heavy atom. The number of carbonyl (C=O) groups is 2. The summed E-state index contributed by atoms with van der Waals surface area (Å²) < 4.78 is 38.1. The first kappa shape index (κ1) is 24.8. The third-order valence-corrected chi connectivity index (χ3v) is 6.66. The molecule has 1 fully saturated rings. The summed E-state index contributed by atoms with van der Waals surface area (Å²) in [7, 11) is 1.69. The van der Waals surface area contributed by atoms with Crippen LogP contribution in [0.25, 0.3) is 11.1 Å². The molecule has 2 aliphatic heterocycles. The molecular weight excluding hydrogens is 489 g/mol. The fourth-order valence-electron chi connectivity index (χ4n) is 4.84. The number of guanidine groups is 1. The summed E-state index contributed by atoms with van der Waals surface area (Å²) >= 11 is 6.12. The average Bonchev–Trinajstić information content (AvgIpc) is 3.03. The molecule has 0 bridgehead atoms. The smallest absolute Gasteiger partial charge is 0.490 e. The van der Waals surface area contributed by atoms with Gasteiger partial charge in [0.1, 0.15) is 11.9 Å². The van der Waals surface area contributed by atoms with E-state index in [2.05, 4.69) is 4.98 Å². The molecular formula is C23H22ClF3N4O4. The largest absolute Gasteiger partial charge is 0.490 e. The number of hydrogen-bond acceptors (Lipinski definition) is 6. The number of nitrogens with two attached hydrogens (primary N) is 1. The quantitative estimate of drug-likeness (QED) is 0.599. The van der Waals surface area contributed by atoms with Gasteiger partial charge in [-0.2, -0.15) is 13.2 Å². The highest BCUT2D eigenvalue weighted by molar-refractivity contribution is 6.30. The van der Waals surface area contributed by atoms with Crippen LogP contribution in [0.15, 0.2) is 41.7 Å². The predicted molar refractivity (Wildman–Crippen MR) is 121 cm³/mol. The third-order valence-electron chi connectivity index (χ3n) is 6.45. The standard InChI is InChI=1S/C21H21ClN4O2.C2HF3O2/c1-26-19(27)21(25-20(26)23)15-4-2-3-5-17(15)28-18-7-6-12(9-16(18)21)13-8-14(22)11-24-10-13;3-2(4,5)1(6)7/h6-11,15,17H,2-5H2,1H3,(H2,23,25);(H,6,7). The molecule has 186 valence electrons. The fraction of sp³-hybridized carbons (Fsp3) is 0.391. The number of aliphatic carboxylic acids is 1. The topological polar surface area (TPSA) is 118 Å². The number of fused-ring (bicyclic) bond motifs is 4. The van der Waals surface area contributed by atoms with Crippen molar-refractivity contribution in [2.24, 2.45) is 16.6 Å². The van der Waals surface area contributed by atoms with Gasteiger partial charge in [0.2, 0.25) is 0 Å². The minimum atomic E-state index is -5.08. The Bertz CT molecular complexity index is 1210. The Balaban J connectivity index is 0.000000364. The van der Waals surface area contributed by atoms with Crippen molar-refractivity contribution in [2.45, 2.75) is 43.5 Å². The van der Waals surface area contributed by atoms with Crippen LogP contribution >= 0.6 is 11.6 Å². The average molecular weight is 511 g/mol. The maximum atomic E-state index is 13.5. The van der Waals surface area contributed by atoms with Crippen molar-refractivity contribution in [1.82, 2.24) is 9.88 Å². The Morgan fingerprint density at radius 1 is 1.23 bits per heavy atom. The highest BCUT2D eigenvalue weighted by atomic mass is 35.5. The van der Waals surface area contributed by atoms with Crippen LogP contribution in [0.1, 0.15) is 31.2 Å². The molecule has 2 aromatic rings. The third kappa shape index (κ3) is 4.40. The van der Waals surface area contributed by atoms with Gasteiger partial charge in [0.25, 0.3) is 5.91 Å². The zero-order chi connectivity index (χ0) is 25.5. The van der Waals surface area contributed by atoms with E-state index in [9.17, 15) is 18.0 Å². The molecule has 8 nitrogen and oxygen atoms in total. The number of ether oxygens (including phenoxy) is 1. The zero-order valence-electron chi connectivity index (χ0n) is 18.6. The number of alkyl halides is 3. The lowest BCUT2D eigenvalue weighted by Gasteiger charge is -2.46. The highest BCUT2D eigenvalue weighted by Crippen LogP contribution is 2.53. The van der Waals surface area contributed by atoms with E-state index in [1.165, 1.54) is 4.90 Å². The molecule has 1 saturated carbocycles. The molecule has 3 N–H and O–H groups in total. The number of likely N-dealkylation sites (N-methyl/N-ethyl adjacent to an activating group) is 1. The maximum Gasteiger partial charge on any atom is 0.490 e. The Kier molecular flexibility index (Phi) is 6.39. The number of hydrogen-bond donors (Lipinski definition) is 2. The highest BCUT2D eigenvalue weighted by Gasteiger charge is 2.60. The van der Waals surface area contributed by atoms with Gasteiger partial charge in [-0.15, -0.1) is 0 Å². The first-order valence-electron chi connectivity index (χ1n) is 10.8. The Hall–Kier alpha value is -3.34. The van der Waals surface area contributed by atoms with E-state index >= 15 is 0 Å².